The van der Waals surface area contributed by atoms with Crippen molar-refractivity contribution in [1.82, 2.24) is 9.80 Å². The van der Waals surface area contributed by atoms with Crippen molar-refractivity contribution >= 4 is 11.8 Å². The van der Waals surface area contributed by atoms with Crippen LogP contribution in [0, 0.1) is 5.92 Å². The molecule has 2 rings (SSSR count). The third-order valence-electron chi connectivity index (χ3n) is 4.12. The van der Waals surface area contributed by atoms with Crippen LogP contribution >= 0.6 is 11.8 Å². The van der Waals surface area contributed by atoms with Crippen molar-refractivity contribution in [3.05, 3.63) is 0 Å². The summed E-state index contributed by atoms with van der Waals surface area (Å²) in [7, 11) is 0. The van der Waals surface area contributed by atoms with Gasteiger partial charge in [0.2, 0.25) is 0 Å². The first kappa shape index (κ1) is 12.7. The fraction of sp³-hybridized carbons (Fsp3) is 1.00. The quantitative estimate of drug-likeness (QED) is 0.746. The summed E-state index contributed by atoms with van der Waals surface area (Å²) in [5.41, 5.74) is 0. The van der Waals surface area contributed by atoms with E-state index in [2.05, 4.69) is 28.5 Å². The summed E-state index contributed by atoms with van der Waals surface area (Å²) in [5.74, 6) is 3.71. The molecule has 0 saturated carbocycles. The average Bonchev–Trinajstić information content (AvgIpc) is 2.38. The molecule has 0 aromatic carbocycles. The van der Waals surface area contributed by atoms with Gasteiger partial charge in [0.15, 0.2) is 0 Å². The van der Waals surface area contributed by atoms with Gasteiger partial charge in [0.05, 0.1) is 0 Å². The maximum atomic E-state index is 2.67. The van der Waals surface area contributed by atoms with E-state index in [1.807, 2.05) is 0 Å². The van der Waals surface area contributed by atoms with Gasteiger partial charge in [0.1, 0.15) is 0 Å². The molecule has 2 saturated heterocycles. The molecule has 0 amide bonds. The van der Waals surface area contributed by atoms with Crippen LogP contribution < -0.4 is 0 Å². The Hall–Kier alpha value is 0.270. The van der Waals surface area contributed by atoms with Gasteiger partial charge in [-0.3, -0.25) is 0 Å². The average molecular weight is 242 g/mol. The van der Waals surface area contributed by atoms with Crippen LogP contribution in [-0.4, -0.2) is 60.6 Å². The Morgan fingerprint density at radius 2 is 1.50 bits per heavy atom. The molecule has 0 bridgehead atoms. The normalized spacial score (nSPS) is 26.1. The van der Waals surface area contributed by atoms with E-state index in [0.717, 1.165) is 5.92 Å². The molecule has 0 atom stereocenters. The SMILES string of the molecule is CCC1CCN(CCN2CCSCC2)CC1. The van der Waals surface area contributed by atoms with Crippen LogP contribution in [0.15, 0.2) is 0 Å². The molecule has 0 aliphatic carbocycles. The first-order valence-electron chi connectivity index (χ1n) is 6.91. The molecule has 0 unspecified atom stereocenters. The molecule has 3 heteroatoms. The van der Waals surface area contributed by atoms with E-state index in [1.165, 1.54) is 70.0 Å². The number of nitrogens with zero attached hydrogens (tertiary/aromatic N) is 2. The highest BCUT2D eigenvalue weighted by molar-refractivity contribution is 7.99. The second-order valence-corrected chi connectivity index (χ2v) is 6.37. The monoisotopic (exact) mass is 242 g/mol. The molecule has 2 aliphatic heterocycles. The first-order valence-corrected chi connectivity index (χ1v) is 8.06. The molecule has 0 N–H and O–H groups in total. The van der Waals surface area contributed by atoms with Crippen LogP contribution in [0.3, 0.4) is 0 Å². The molecule has 0 spiro atoms. The number of hydrogen-bond acceptors (Lipinski definition) is 3. The van der Waals surface area contributed by atoms with Gasteiger partial charge in [-0.05, 0) is 31.8 Å². The number of rotatable bonds is 4. The molecule has 2 aliphatic rings. The van der Waals surface area contributed by atoms with Crippen molar-refractivity contribution in [3.8, 4) is 0 Å². The Bertz CT molecular complexity index is 184. The van der Waals surface area contributed by atoms with Crippen molar-refractivity contribution in [3.63, 3.8) is 0 Å². The van der Waals surface area contributed by atoms with Crippen molar-refractivity contribution < 1.29 is 0 Å². The zero-order valence-corrected chi connectivity index (χ0v) is 11.5. The van der Waals surface area contributed by atoms with Gasteiger partial charge < -0.3 is 9.80 Å². The zero-order chi connectivity index (χ0) is 11.2. The van der Waals surface area contributed by atoms with Crippen LogP contribution in [0.2, 0.25) is 0 Å². The number of hydrogen-bond donors (Lipinski definition) is 0. The molecule has 0 radical (unpaired) electrons. The molecular weight excluding hydrogens is 216 g/mol. The highest BCUT2D eigenvalue weighted by Gasteiger charge is 2.18. The predicted octanol–water partition coefficient (Wildman–Crippen LogP) is 2.16. The van der Waals surface area contributed by atoms with Crippen molar-refractivity contribution in [2.24, 2.45) is 5.92 Å². The van der Waals surface area contributed by atoms with E-state index >= 15 is 0 Å². The summed E-state index contributed by atoms with van der Waals surface area (Å²) in [6.07, 6.45) is 4.26. The minimum Gasteiger partial charge on any atom is -0.302 e. The van der Waals surface area contributed by atoms with Gasteiger partial charge >= 0.3 is 0 Å². The van der Waals surface area contributed by atoms with Gasteiger partial charge in [-0.1, -0.05) is 13.3 Å². The van der Waals surface area contributed by atoms with E-state index in [4.69, 9.17) is 0 Å². The maximum Gasteiger partial charge on any atom is 0.0110 e. The Morgan fingerprint density at radius 1 is 0.938 bits per heavy atom. The molecule has 2 heterocycles. The standard InChI is InChI=1S/C13H26N2S/c1-2-13-3-5-14(6-4-13)7-8-15-9-11-16-12-10-15/h13H,2-12H2,1H3. The van der Waals surface area contributed by atoms with Gasteiger partial charge in [-0.15, -0.1) is 0 Å². The summed E-state index contributed by atoms with van der Waals surface area (Å²) in [6.45, 7) is 10.3. The van der Waals surface area contributed by atoms with E-state index in [1.54, 1.807) is 0 Å². The predicted molar refractivity (Wildman–Crippen MR) is 73.2 cm³/mol. The first-order chi connectivity index (χ1) is 7.88. The lowest BCUT2D eigenvalue weighted by Gasteiger charge is -2.34. The number of likely N-dealkylation sites (tertiary alicyclic amines) is 1. The summed E-state index contributed by atoms with van der Waals surface area (Å²) in [6, 6.07) is 0. The fourth-order valence-corrected chi connectivity index (χ4v) is 3.70. The van der Waals surface area contributed by atoms with E-state index in [0.29, 0.717) is 0 Å². The van der Waals surface area contributed by atoms with E-state index in [9.17, 15) is 0 Å². The number of thioether (sulfide) groups is 1. The lowest BCUT2D eigenvalue weighted by molar-refractivity contribution is 0.158. The second-order valence-electron chi connectivity index (χ2n) is 5.15. The Kier molecular flexibility index (Phi) is 5.46. The maximum absolute atomic E-state index is 2.67. The Morgan fingerprint density at radius 3 is 2.06 bits per heavy atom. The highest BCUT2D eigenvalue weighted by Crippen LogP contribution is 2.19. The topological polar surface area (TPSA) is 6.48 Å². The van der Waals surface area contributed by atoms with Crippen LogP contribution in [0.25, 0.3) is 0 Å². The Balaban J connectivity index is 1.59. The summed E-state index contributed by atoms with van der Waals surface area (Å²) < 4.78 is 0. The molecule has 0 aromatic rings. The molecule has 94 valence electrons. The summed E-state index contributed by atoms with van der Waals surface area (Å²) >= 11 is 2.11. The Labute approximate surface area is 105 Å². The van der Waals surface area contributed by atoms with Crippen molar-refractivity contribution in [1.29, 1.82) is 0 Å². The van der Waals surface area contributed by atoms with Gasteiger partial charge in [0, 0.05) is 37.7 Å². The lowest BCUT2D eigenvalue weighted by atomic mass is 9.94. The van der Waals surface area contributed by atoms with Crippen molar-refractivity contribution in [2.45, 2.75) is 26.2 Å². The van der Waals surface area contributed by atoms with Gasteiger partial charge in [-0.25, -0.2) is 0 Å². The van der Waals surface area contributed by atoms with Crippen LogP contribution in [0.5, 0.6) is 0 Å². The molecular formula is C13H26N2S. The molecule has 2 nitrogen and oxygen atoms in total. The second kappa shape index (κ2) is 6.87. The van der Waals surface area contributed by atoms with E-state index < -0.39 is 0 Å². The minimum absolute atomic E-state index is 1.02. The lowest BCUT2D eigenvalue weighted by Crippen LogP contribution is -2.42. The number of piperidine rings is 1. The summed E-state index contributed by atoms with van der Waals surface area (Å²) in [5, 5.41) is 0. The van der Waals surface area contributed by atoms with E-state index in [-0.39, 0.29) is 0 Å². The third-order valence-corrected chi connectivity index (χ3v) is 5.06. The smallest absolute Gasteiger partial charge is 0.0110 e. The van der Waals surface area contributed by atoms with Crippen LogP contribution in [0.4, 0.5) is 0 Å². The van der Waals surface area contributed by atoms with Crippen LogP contribution in [-0.2, 0) is 0 Å². The molecule has 2 fully saturated rings. The van der Waals surface area contributed by atoms with Crippen LogP contribution in [0.1, 0.15) is 26.2 Å². The molecule has 16 heavy (non-hydrogen) atoms. The third kappa shape index (κ3) is 3.94. The van der Waals surface area contributed by atoms with Gasteiger partial charge in [-0.2, -0.15) is 11.8 Å². The molecule has 0 aromatic heterocycles. The highest BCUT2D eigenvalue weighted by atomic mass is 32.2. The fourth-order valence-electron chi connectivity index (χ4n) is 2.73. The van der Waals surface area contributed by atoms with Crippen molar-refractivity contribution in [2.75, 3.05) is 50.8 Å². The summed E-state index contributed by atoms with van der Waals surface area (Å²) in [4.78, 5) is 5.32. The largest absolute Gasteiger partial charge is 0.302 e. The zero-order valence-electron chi connectivity index (χ0n) is 10.7. The van der Waals surface area contributed by atoms with Gasteiger partial charge in [0.25, 0.3) is 0 Å². The minimum atomic E-state index is 1.02.